The molecule has 4 atom stereocenters. The Morgan fingerprint density at radius 1 is 0.934 bits per heavy atom. The average molecular weight is 1070 g/mol. The third-order valence-corrected chi connectivity index (χ3v) is 17.3. The summed E-state index contributed by atoms with van der Waals surface area (Å²) in [5.41, 5.74) is 2.45. The molecular weight excluding hydrogens is 991 g/mol. The van der Waals surface area contributed by atoms with Crippen LogP contribution >= 0.6 is 11.3 Å². The van der Waals surface area contributed by atoms with Crippen LogP contribution in [-0.2, 0) is 30.5 Å². The predicted molar refractivity (Wildman–Crippen MR) is 292 cm³/mol. The number of halogens is 2. The minimum absolute atomic E-state index is 0.0498. The molecule has 3 aromatic rings. The van der Waals surface area contributed by atoms with E-state index in [0.29, 0.717) is 109 Å². The van der Waals surface area contributed by atoms with Crippen LogP contribution in [0.3, 0.4) is 0 Å². The van der Waals surface area contributed by atoms with E-state index in [1.54, 1.807) is 28.2 Å². The number of nitrogens with zero attached hydrogens (tertiary/aromatic N) is 7. The maximum absolute atomic E-state index is 15.9. The Hall–Kier alpha value is -6.02. The van der Waals surface area contributed by atoms with Gasteiger partial charge in [0.05, 0.1) is 35.0 Å². The van der Waals surface area contributed by atoms with Gasteiger partial charge in [0.25, 0.3) is 0 Å². The van der Waals surface area contributed by atoms with Crippen molar-refractivity contribution in [3.8, 4) is 0 Å². The predicted octanol–water partition coefficient (Wildman–Crippen LogP) is 6.51. The Kier molecular flexibility index (Phi) is 17.8. The van der Waals surface area contributed by atoms with Crippen molar-refractivity contribution in [3.63, 3.8) is 0 Å². The number of hydrogen-bond donors (Lipinski definition) is 5. The van der Waals surface area contributed by atoms with Crippen molar-refractivity contribution in [2.45, 2.75) is 148 Å². The van der Waals surface area contributed by atoms with Crippen molar-refractivity contribution in [2.24, 2.45) is 10.8 Å². The van der Waals surface area contributed by atoms with Gasteiger partial charge < -0.3 is 41.3 Å². The number of nitrogens with one attached hydrogen (secondary N) is 5. The lowest BCUT2D eigenvalue weighted by Crippen LogP contribution is -2.66. The summed E-state index contributed by atoms with van der Waals surface area (Å²) in [7, 11) is 1.80. The van der Waals surface area contributed by atoms with E-state index in [4.69, 9.17) is 0 Å². The molecule has 8 rings (SSSR count). The number of benzene rings is 1. The molecule has 76 heavy (non-hydrogen) atoms. The SMILES string of the molecule is CNc1cc(N2CCC3(CC2)CN(c2cc(F)c(CN4CCC(C)(C(=O)NCCCCCC(=O)NC(C(=O)N5CCCC5C(=O)NC(C)C5=CCC(c6scnc6C)C=C5)C(C)(C)C)CC4)cc2F)CC(=O)N3)ncn1. The highest BCUT2D eigenvalue weighted by atomic mass is 32.1. The van der Waals surface area contributed by atoms with Gasteiger partial charge in [0.1, 0.15) is 41.7 Å². The van der Waals surface area contributed by atoms with E-state index >= 15 is 8.78 Å². The summed E-state index contributed by atoms with van der Waals surface area (Å²) >= 11 is 1.66. The molecule has 5 N–H and O–H groups in total. The molecule has 1 aromatic carbocycles. The van der Waals surface area contributed by atoms with Crippen molar-refractivity contribution < 1.29 is 32.8 Å². The van der Waals surface area contributed by atoms with Gasteiger partial charge in [0, 0.05) is 86.6 Å². The van der Waals surface area contributed by atoms with Gasteiger partial charge in [-0.15, -0.1) is 11.3 Å². The van der Waals surface area contributed by atoms with E-state index in [2.05, 4.69) is 64.7 Å². The molecule has 2 aromatic heterocycles. The topological polar surface area (TPSA) is 197 Å². The number of aryl methyl sites for hydroxylation is 1. The molecule has 0 radical (unpaired) electrons. The van der Waals surface area contributed by atoms with Gasteiger partial charge in [-0.3, -0.25) is 28.9 Å². The molecule has 1 spiro atoms. The number of hydrogen-bond acceptors (Lipinski definition) is 13. The highest BCUT2D eigenvalue weighted by molar-refractivity contribution is 7.09. The number of rotatable bonds is 18. The number of piperidine rings is 2. The second-order valence-electron chi connectivity index (χ2n) is 23.0. The molecule has 6 heterocycles. The van der Waals surface area contributed by atoms with E-state index in [1.807, 2.05) is 58.0 Å². The molecule has 4 saturated heterocycles. The Bertz CT molecular complexity index is 2660. The standard InChI is InChI=1S/C56H78F2N12O5S/c1-36(38-14-16-39(17-15-38)49-37(2)63-35-76-49)64-51(73)43-12-11-23-70(43)52(74)50(54(3,4)5)65-47(71)13-9-8-10-22-60-53(75)55(6)18-24-67(25-19-55)31-40-28-42(58)44(29-41(40)57)69-32-48(72)66-56(33-69)20-26-68(27-21-56)46-30-45(59-7)61-34-62-46/h14-16,28-30,34-36,39,43,50H,8-13,17-27,31-33H2,1-7H3,(H,60,75)(H,64,73)(H,65,71)(H,66,72)(H,59,61,62). The first-order valence-corrected chi connectivity index (χ1v) is 28.1. The van der Waals surface area contributed by atoms with Crippen molar-refractivity contribution in [2.75, 3.05) is 74.5 Å². The number of amides is 5. The molecule has 20 heteroatoms. The van der Waals surface area contributed by atoms with Crippen molar-refractivity contribution in [3.05, 3.63) is 81.6 Å². The Morgan fingerprint density at radius 2 is 1.70 bits per heavy atom. The first kappa shape index (κ1) is 56.2. The van der Waals surface area contributed by atoms with E-state index in [-0.39, 0.29) is 72.3 Å². The van der Waals surface area contributed by atoms with Gasteiger partial charge in [-0.25, -0.2) is 23.7 Å². The van der Waals surface area contributed by atoms with Gasteiger partial charge in [0.2, 0.25) is 29.5 Å². The van der Waals surface area contributed by atoms with Gasteiger partial charge in [-0.1, -0.05) is 52.3 Å². The largest absolute Gasteiger partial charge is 0.373 e. The van der Waals surface area contributed by atoms with Crippen LogP contribution in [0, 0.1) is 29.4 Å². The minimum atomic E-state index is -0.808. The third kappa shape index (κ3) is 13.4. The normalized spacial score (nSPS) is 21.4. The monoisotopic (exact) mass is 1070 g/mol. The van der Waals surface area contributed by atoms with Gasteiger partial charge in [0.15, 0.2) is 0 Å². The second-order valence-corrected chi connectivity index (χ2v) is 23.9. The maximum atomic E-state index is 15.9. The van der Waals surface area contributed by atoms with Crippen LogP contribution < -0.4 is 36.4 Å². The molecule has 1 aliphatic carbocycles. The van der Waals surface area contributed by atoms with Crippen molar-refractivity contribution in [1.29, 1.82) is 0 Å². The highest BCUT2D eigenvalue weighted by Crippen LogP contribution is 2.36. The zero-order valence-electron chi connectivity index (χ0n) is 45.4. The van der Waals surface area contributed by atoms with E-state index in [0.717, 1.165) is 23.5 Å². The summed E-state index contributed by atoms with van der Waals surface area (Å²) in [6.45, 7) is 15.4. The number of carbonyl (C=O) groups excluding carboxylic acids is 5. The number of thiazole rings is 1. The number of unbranched alkanes of at least 4 members (excludes halogenated alkanes) is 2. The zero-order valence-corrected chi connectivity index (χ0v) is 46.2. The molecule has 17 nitrogen and oxygen atoms in total. The fourth-order valence-corrected chi connectivity index (χ4v) is 12.3. The fraction of sp³-hybridized carbons (Fsp3) is 0.607. The summed E-state index contributed by atoms with van der Waals surface area (Å²) in [5.74, 6) is -0.290. The lowest BCUT2D eigenvalue weighted by atomic mass is 9.79. The van der Waals surface area contributed by atoms with Crippen LogP contribution in [0.25, 0.3) is 0 Å². The summed E-state index contributed by atoms with van der Waals surface area (Å²) < 4.78 is 31.7. The third-order valence-electron chi connectivity index (χ3n) is 16.3. The Balaban J connectivity index is 0.735. The summed E-state index contributed by atoms with van der Waals surface area (Å²) in [4.78, 5) is 89.4. The molecule has 0 bridgehead atoms. The van der Waals surface area contributed by atoms with E-state index in [9.17, 15) is 24.0 Å². The van der Waals surface area contributed by atoms with E-state index in [1.165, 1.54) is 23.3 Å². The first-order chi connectivity index (χ1) is 36.2. The summed E-state index contributed by atoms with van der Waals surface area (Å²) in [6.07, 6.45) is 14.5. The number of aromatic nitrogens is 3. The highest BCUT2D eigenvalue weighted by Gasteiger charge is 2.44. The first-order valence-electron chi connectivity index (χ1n) is 27.2. The van der Waals surface area contributed by atoms with Crippen LogP contribution in [-0.4, -0.2) is 137 Å². The minimum Gasteiger partial charge on any atom is -0.373 e. The number of carbonyl (C=O) groups is 5. The van der Waals surface area contributed by atoms with Gasteiger partial charge in [-0.2, -0.15) is 0 Å². The van der Waals surface area contributed by atoms with Crippen molar-refractivity contribution in [1.82, 2.24) is 46.0 Å². The van der Waals surface area contributed by atoms with Gasteiger partial charge in [-0.05, 0) is 102 Å². The molecule has 4 fully saturated rings. The number of piperazine rings is 1. The number of anilines is 3. The number of likely N-dealkylation sites (tertiary alicyclic amines) is 2. The summed E-state index contributed by atoms with van der Waals surface area (Å²) in [6, 6.07) is 2.69. The summed E-state index contributed by atoms with van der Waals surface area (Å²) in [5, 5.41) is 15.4. The molecule has 412 valence electrons. The second kappa shape index (κ2) is 24.1. The molecule has 4 unspecified atom stereocenters. The zero-order chi connectivity index (χ0) is 54.4. The smallest absolute Gasteiger partial charge is 0.246 e. The van der Waals surface area contributed by atoms with Crippen LogP contribution in [0.15, 0.2) is 53.8 Å². The van der Waals surface area contributed by atoms with Crippen LogP contribution in [0.2, 0.25) is 0 Å². The Morgan fingerprint density at radius 3 is 2.38 bits per heavy atom. The van der Waals surface area contributed by atoms with E-state index < -0.39 is 40.1 Å². The quantitative estimate of drug-likeness (QED) is 0.0868. The lowest BCUT2D eigenvalue weighted by molar-refractivity contribution is -0.144. The lowest BCUT2D eigenvalue weighted by Gasteiger charge is -2.48. The molecular formula is C56H78F2N12O5S. The van der Waals surface area contributed by atoms with Crippen molar-refractivity contribution >= 4 is 58.2 Å². The number of allylic oxidation sites excluding steroid dienone is 2. The van der Waals surface area contributed by atoms with Crippen LogP contribution in [0.5, 0.6) is 0 Å². The fourth-order valence-electron chi connectivity index (χ4n) is 11.4. The molecule has 5 amide bonds. The van der Waals surface area contributed by atoms with Crippen LogP contribution in [0.1, 0.15) is 127 Å². The Labute approximate surface area is 450 Å². The average Bonchev–Trinajstić information content (AvgIpc) is 4.08. The molecule has 4 aliphatic heterocycles. The molecule has 5 aliphatic rings. The van der Waals surface area contributed by atoms with Gasteiger partial charge >= 0.3 is 0 Å². The van der Waals surface area contributed by atoms with Crippen LogP contribution in [0.4, 0.5) is 26.1 Å². The maximum Gasteiger partial charge on any atom is 0.246 e. The molecule has 0 saturated carbocycles.